The van der Waals surface area contributed by atoms with Crippen LogP contribution in [-0.4, -0.2) is 29.4 Å². The maximum atomic E-state index is 6.14. The van der Waals surface area contributed by atoms with Crippen LogP contribution in [0.4, 0.5) is 0 Å². The number of hydrogen-bond acceptors (Lipinski definition) is 4. The molecule has 1 atom stereocenters. The average molecular weight is 309 g/mol. The molecule has 0 amide bonds. The monoisotopic (exact) mass is 309 g/mol. The van der Waals surface area contributed by atoms with E-state index in [1.54, 1.807) is 13.2 Å². The number of rotatable bonds is 4. The van der Waals surface area contributed by atoms with Crippen molar-refractivity contribution >= 4 is 17.2 Å². The van der Waals surface area contributed by atoms with E-state index < -0.39 is 0 Å². The molecule has 1 aliphatic heterocycles. The zero-order valence-corrected chi connectivity index (χ0v) is 14.0. The minimum atomic E-state index is -0.351. The minimum Gasteiger partial charge on any atom is -0.497 e. The molecule has 1 aromatic rings. The summed E-state index contributed by atoms with van der Waals surface area (Å²) in [6.07, 6.45) is 0.776. The summed E-state index contributed by atoms with van der Waals surface area (Å²) < 4.78 is 17.5. The molecule has 1 aromatic carbocycles. The third kappa shape index (κ3) is 3.66. The van der Waals surface area contributed by atoms with Crippen LogP contribution in [0.2, 0.25) is 0 Å². The van der Waals surface area contributed by atoms with E-state index in [4.69, 9.17) is 32.2 Å². The third-order valence-corrected chi connectivity index (χ3v) is 3.91. The summed E-state index contributed by atoms with van der Waals surface area (Å²) >= 11 is 5.04. The fourth-order valence-electron chi connectivity index (χ4n) is 2.76. The number of nitrogens with two attached hydrogens (primary N) is 1. The van der Waals surface area contributed by atoms with Crippen molar-refractivity contribution in [2.45, 2.75) is 51.4 Å². The first-order chi connectivity index (χ1) is 9.63. The molecule has 2 N–H and O–H groups in total. The Morgan fingerprint density at radius 1 is 1.24 bits per heavy atom. The highest BCUT2D eigenvalue weighted by molar-refractivity contribution is 7.80. The summed E-state index contributed by atoms with van der Waals surface area (Å²) in [5.41, 5.74) is 5.89. The number of ether oxygens (including phenoxy) is 3. The molecule has 0 bridgehead atoms. The van der Waals surface area contributed by atoms with Gasteiger partial charge in [0, 0.05) is 18.1 Å². The second-order valence-electron chi connectivity index (χ2n) is 6.54. The van der Waals surface area contributed by atoms with Crippen molar-refractivity contribution < 1.29 is 14.2 Å². The van der Waals surface area contributed by atoms with Crippen LogP contribution in [0.5, 0.6) is 11.5 Å². The fourth-order valence-corrected chi connectivity index (χ4v) is 2.88. The molecule has 2 rings (SSSR count). The Hall–Kier alpha value is -1.33. The molecule has 4 nitrogen and oxygen atoms in total. The highest BCUT2D eigenvalue weighted by Crippen LogP contribution is 2.40. The van der Waals surface area contributed by atoms with Crippen molar-refractivity contribution in [1.29, 1.82) is 0 Å². The van der Waals surface area contributed by atoms with Crippen molar-refractivity contribution in [3.8, 4) is 11.5 Å². The Balaban J connectivity index is 2.27. The lowest BCUT2D eigenvalue weighted by atomic mass is 9.97. The standard InChI is InChI=1S/C16H23NO3S/c1-15(2)9-13(16(3,4)20-15)19-12-7-10(14(17)21)6-11(8-12)18-5/h6-8,13H,9H2,1-5H3,(H2,17,21). The molecule has 0 saturated carbocycles. The van der Waals surface area contributed by atoms with Crippen LogP contribution >= 0.6 is 12.2 Å². The maximum absolute atomic E-state index is 6.14. The van der Waals surface area contributed by atoms with Gasteiger partial charge in [0.25, 0.3) is 0 Å². The Morgan fingerprint density at radius 2 is 1.86 bits per heavy atom. The maximum Gasteiger partial charge on any atom is 0.130 e. The Kier molecular flexibility index (Phi) is 4.17. The predicted molar refractivity (Wildman–Crippen MR) is 87.2 cm³/mol. The number of thiocarbonyl (C=S) groups is 1. The van der Waals surface area contributed by atoms with Crippen molar-refractivity contribution in [2.24, 2.45) is 5.73 Å². The van der Waals surface area contributed by atoms with Gasteiger partial charge in [-0.1, -0.05) is 12.2 Å². The Morgan fingerprint density at radius 3 is 2.33 bits per heavy atom. The first-order valence-electron chi connectivity index (χ1n) is 6.99. The largest absolute Gasteiger partial charge is 0.497 e. The second-order valence-corrected chi connectivity index (χ2v) is 6.98. The molecule has 5 heteroatoms. The molecule has 0 spiro atoms. The molecule has 0 aliphatic carbocycles. The van der Waals surface area contributed by atoms with Gasteiger partial charge in [0.1, 0.15) is 28.2 Å². The molecule has 1 heterocycles. The van der Waals surface area contributed by atoms with Crippen molar-refractivity contribution in [3.63, 3.8) is 0 Å². The van der Waals surface area contributed by atoms with Crippen LogP contribution in [0.15, 0.2) is 18.2 Å². The van der Waals surface area contributed by atoms with Crippen LogP contribution in [0.25, 0.3) is 0 Å². The van der Waals surface area contributed by atoms with Crippen molar-refractivity contribution in [2.75, 3.05) is 7.11 Å². The van der Waals surface area contributed by atoms with E-state index in [9.17, 15) is 0 Å². The lowest BCUT2D eigenvalue weighted by Crippen LogP contribution is -2.36. The van der Waals surface area contributed by atoms with Gasteiger partial charge < -0.3 is 19.9 Å². The molecule has 0 radical (unpaired) electrons. The molecular formula is C16H23NO3S. The highest BCUT2D eigenvalue weighted by Gasteiger charge is 2.47. The molecule has 116 valence electrons. The topological polar surface area (TPSA) is 53.7 Å². The SMILES string of the molecule is COc1cc(OC2CC(C)(C)OC2(C)C)cc(C(N)=S)c1. The third-order valence-electron chi connectivity index (χ3n) is 3.67. The summed E-state index contributed by atoms with van der Waals surface area (Å²) in [5, 5.41) is 0. The van der Waals surface area contributed by atoms with E-state index in [-0.39, 0.29) is 17.3 Å². The quantitative estimate of drug-likeness (QED) is 0.866. The molecule has 1 unspecified atom stereocenters. The van der Waals surface area contributed by atoms with Crippen molar-refractivity contribution in [3.05, 3.63) is 23.8 Å². The zero-order chi connectivity index (χ0) is 15.8. The van der Waals surface area contributed by atoms with Gasteiger partial charge >= 0.3 is 0 Å². The van der Waals surface area contributed by atoms with Gasteiger partial charge in [0.2, 0.25) is 0 Å². The van der Waals surface area contributed by atoms with Gasteiger partial charge in [-0.05, 0) is 39.8 Å². The molecule has 1 fully saturated rings. The zero-order valence-electron chi connectivity index (χ0n) is 13.2. The van der Waals surface area contributed by atoms with E-state index in [1.165, 1.54) is 0 Å². The molecule has 0 aromatic heterocycles. The second kappa shape index (κ2) is 5.46. The lowest BCUT2D eigenvalue weighted by Gasteiger charge is -2.27. The number of benzene rings is 1. The highest BCUT2D eigenvalue weighted by atomic mass is 32.1. The van der Waals surface area contributed by atoms with Crippen LogP contribution in [-0.2, 0) is 4.74 Å². The van der Waals surface area contributed by atoms with E-state index in [1.807, 2.05) is 26.0 Å². The normalized spacial score (nSPS) is 22.8. The van der Waals surface area contributed by atoms with E-state index in [2.05, 4.69) is 13.8 Å². The van der Waals surface area contributed by atoms with E-state index in [0.29, 0.717) is 16.5 Å². The summed E-state index contributed by atoms with van der Waals surface area (Å²) in [5.74, 6) is 1.36. The van der Waals surface area contributed by atoms with E-state index in [0.717, 1.165) is 12.0 Å². The summed E-state index contributed by atoms with van der Waals surface area (Å²) in [6, 6.07) is 5.48. The predicted octanol–water partition coefficient (Wildman–Crippen LogP) is 3.05. The molecule has 1 aliphatic rings. The Bertz CT molecular complexity index is 554. The summed E-state index contributed by atoms with van der Waals surface area (Å²) in [4.78, 5) is 0.320. The minimum absolute atomic E-state index is 0.0428. The average Bonchev–Trinajstić information content (AvgIpc) is 2.56. The first-order valence-corrected chi connectivity index (χ1v) is 7.39. The van der Waals surface area contributed by atoms with Crippen molar-refractivity contribution in [1.82, 2.24) is 0 Å². The fraction of sp³-hybridized carbons (Fsp3) is 0.562. The van der Waals surface area contributed by atoms with E-state index >= 15 is 0 Å². The van der Waals surface area contributed by atoms with Gasteiger partial charge in [-0.15, -0.1) is 0 Å². The first kappa shape index (κ1) is 16.0. The number of hydrogen-bond donors (Lipinski definition) is 1. The molecular weight excluding hydrogens is 286 g/mol. The summed E-state index contributed by atoms with van der Waals surface area (Å²) in [7, 11) is 1.61. The smallest absolute Gasteiger partial charge is 0.130 e. The lowest BCUT2D eigenvalue weighted by molar-refractivity contribution is -0.0846. The summed E-state index contributed by atoms with van der Waals surface area (Å²) in [6.45, 7) is 8.23. The van der Waals surface area contributed by atoms with Crippen LogP contribution in [0, 0.1) is 0 Å². The van der Waals surface area contributed by atoms with Crippen LogP contribution < -0.4 is 15.2 Å². The van der Waals surface area contributed by atoms with Crippen LogP contribution in [0.3, 0.4) is 0 Å². The molecule has 21 heavy (non-hydrogen) atoms. The van der Waals surface area contributed by atoms with Gasteiger partial charge in [-0.3, -0.25) is 0 Å². The van der Waals surface area contributed by atoms with Gasteiger partial charge in [0.05, 0.1) is 12.7 Å². The van der Waals surface area contributed by atoms with Gasteiger partial charge in [-0.2, -0.15) is 0 Å². The number of methoxy groups -OCH3 is 1. The van der Waals surface area contributed by atoms with Gasteiger partial charge in [0.15, 0.2) is 0 Å². The van der Waals surface area contributed by atoms with Crippen LogP contribution in [0.1, 0.15) is 39.7 Å². The molecule has 1 saturated heterocycles. The Labute approximate surface area is 131 Å². The van der Waals surface area contributed by atoms with Gasteiger partial charge in [-0.25, -0.2) is 0 Å².